The number of nitrogens with zero attached hydrogens (tertiary/aromatic N) is 2. The molecule has 0 saturated heterocycles. The zero-order valence-corrected chi connectivity index (χ0v) is 22.1. The Bertz CT molecular complexity index is 1050. The molecule has 0 radical (unpaired) electrons. The number of aryl methyl sites for hydroxylation is 1. The Morgan fingerprint density at radius 1 is 1.00 bits per heavy atom. The number of hydrogen-bond donors (Lipinski definition) is 1. The SMILES string of the molecule is Cc1nc(CS/C(=C\N)C2CCCCC2)c(C)n1-c1ccc(Cl)cc1.Clc1cccc(Cl)c1. The summed E-state index contributed by atoms with van der Waals surface area (Å²) in [5, 5.41) is 2.11. The van der Waals surface area contributed by atoms with Gasteiger partial charge in [-0.25, -0.2) is 4.98 Å². The molecule has 33 heavy (non-hydrogen) atoms. The molecule has 0 spiro atoms. The second-order valence-electron chi connectivity index (χ2n) is 8.14. The Labute approximate surface area is 216 Å². The first-order valence-corrected chi connectivity index (χ1v) is 13.3. The summed E-state index contributed by atoms with van der Waals surface area (Å²) in [5.41, 5.74) is 9.35. The van der Waals surface area contributed by atoms with E-state index in [0.717, 1.165) is 28.0 Å². The molecule has 0 atom stereocenters. The molecular weight excluding hydrogens is 493 g/mol. The normalized spacial score (nSPS) is 14.6. The summed E-state index contributed by atoms with van der Waals surface area (Å²) in [6.45, 7) is 4.19. The molecule has 4 rings (SSSR count). The van der Waals surface area contributed by atoms with Crippen LogP contribution in [0.25, 0.3) is 5.69 Å². The van der Waals surface area contributed by atoms with Crippen LogP contribution in [0.4, 0.5) is 0 Å². The fourth-order valence-electron chi connectivity index (χ4n) is 4.11. The molecule has 0 unspecified atom stereocenters. The van der Waals surface area contributed by atoms with E-state index in [9.17, 15) is 0 Å². The second kappa shape index (κ2) is 12.8. The molecule has 3 nitrogen and oxygen atoms in total. The van der Waals surface area contributed by atoms with E-state index in [1.165, 1.54) is 42.7 Å². The molecule has 0 aliphatic heterocycles. The minimum absolute atomic E-state index is 0.642. The fraction of sp³-hybridized carbons (Fsp3) is 0.346. The van der Waals surface area contributed by atoms with Crippen LogP contribution in [0.5, 0.6) is 0 Å². The van der Waals surface area contributed by atoms with Crippen molar-refractivity contribution in [1.29, 1.82) is 0 Å². The van der Waals surface area contributed by atoms with Gasteiger partial charge < -0.3 is 10.3 Å². The molecule has 1 fully saturated rings. The average Bonchev–Trinajstić information content (AvgIpc) is 3.09. The smallest absolute Gasteiger partial charge is 0.110 e. The first kappa shape index (κ1) is 26.0. The number of hydrogen-bond acceptors (Lipinski definition) is 3. The lowest BCUT2D eigenvalue weighted by molar-refractivity contribution is 0.414. The number of halogens is 3. The van der Waals surface area contributed by atoms with E-state index in [4.69, 9.17) is 45.5 Å². The van der Waals surface area contributed by atoms with Crippen LogP contribution in [0.3, 0.4) is 0 Å². The van der Waals surface area contributed by atoms with Gasteiger partial charge in [-0.1, -0.05) is 60.1 Å². The highest BCUT2D eigenvalue weighted by atomic mass is 35.5. The van der Waals surface area contributed by atoms with Gasteiger partial charge in [0.05, 0.1) is 5.69 Å². The van der Waals surface area contributed by atoms with E-state index >= 15 is 0 Å². The number of nitrogens with two attached hydrogens (primary N) is 1. The lowest BCUT2D eigenvalue weighted by Gasteiger charge is -2.23. The summed E-state index contributed by atoms with van der Waals surface area (Å²) in [6.07, 6.45) is 8.38. The minimum Gasteiger partial charge on any atom is -0.404 e. The Balaban J connectivity index is 0.000000323. The van der Waals surface area contributed by atoms with E-state index < -0.39 is 0 Å². The Morgan fingerprint density at radius 3 is 2.18 bits per heavy atom. The van der Waals surface area contributed by atoms with Crippen LogP contribution in [0.2, 0.25) is 15.1 Å². The van der Waals surface area contributed by atoms with Gasteiger partial charge in [0.1, 0.15) is 5.82 Å². The second-order valence-corrected chi connectivity index (χ2v) is 10.5. The van der Waals surface area contributed by atoms with Gasteiger partial charge in [-0.05, 0) is 75.1 Å². The van der Waals surface area contributed by atoms with Crippen molar-refractivity contribution in [2.45, 2.75) is 51.7 Å². The molecular formula is C26H30Cl3N3S. The molecule has 1 saturated carbocycles. The number of allylic oxidation sites excluding steroid dienone is 1. The molecule has 1 aliphatic carbocycles. The number of rotatable bonds is 5. The maximum Gasteiger partial charge on any atom is 0.110 e. The van der Waals surface area contributed by atoms with Crippen molar-refractivity contribution >= 4 is 46.6 Å². The molecule has 7 heteroatoms. The molecule has 1 heterocycles. The van der Waals surface area contributed by atoms with Gasteiger partial charge in [0, 0.05) is 43.3 Å². The summed E-state index contributed by atoms with van der Waals surface area (Å²) in [6, 6.07) is 15.0. The first-order chi connectivity index (χ1) is 15.9. The molecule has 2 N–H and O–H groups in total. The predicted molar refractivity (Wildman–Crippen MR) is 145 cm³/mol. The first-order valence-electron chi connectivity index (χ1n) is 11.2. The third kappa shape index (κ3) is 7.45. The Hall–Kier alpha value is -1.59. The van der Waals surface area contributed by atoms with Gasteiger partial charge in [0.15, 0.2) is 0 Å². The molecule has 1 aliphatic rings. The third-order valence-corrected chi connectivity index (χ3v) is 7.73. The highest BCUT2D eigenvalue weighted by molar-refractivity contribution is 8.02. The van der Waals surface area contributed by atoms with E-state index in [2.05, 4.69) is 18.4 Å². The van der Waals surface area contributed by atoms with Crippen LogP contribution in [0.1, 0.15) is 49.3 Å². The van der Waals surface area contributed by atoms with Crippen molar-refractivity contribution in [2.24, 2.45) is 11.7 Å². The molecule has 0 amide bonds. The van der Waals surface area contributed by atoms with E-state index in [-0.39, 0.29) is 0 Å². The van der Waals surface area contributed by atoms with Crippen molar-refractivity contribution in [3.8, 4) is 5.69 Å². The van der Waals surface area contributed by atoms with Gasteiger partial charge >= 0.3 is 0 Å². The average molecular weight is 523 g/mol. The number of thioether (sulfide) groups is 1. The standard InChI is InChI=1S/C20H26ClN3S.C6H4Cl2/c1-14-19(13-25-20(12-22)16-6-4-3-5-7-16)23-15(2)24(14)18-10-8-17(21)9-11-18;7-5-2-1-3-6(8)4-5/h8-12,16H,3-7,13,22H2,1-2H3;1-4H/b20-12-;. The highest BCUT2D eigenvalue weighted by Gasteiger charge is 2.19. The molecule has 2 aromatic carbocycles. The van der Waals surface area contributed by atoms with Crippen molar-refractivity contribution in [1.82, 2.24) is 9.55 Å². The van der Waals surface area contributed by atoms with Crippen LogP contribution < -0.4 is 5.73 Å². The molecule has 176 valence electrons. The van der Waals surface area contributed by atoms with E-state index in [0.29, 0.717) is 16.0 Å². The summed E-state index contributed by atoms with van der Waals surface area (Å²) >= 11 is 19.0. The maximum atomic E-state index is 6.01. The zero-order chi connectivity index (χ0) is 23.8. The van der Waals surface area contributed by atoms with Gasteiger partial charge in [-0.3, -0.25) is 0 Å². The lowest BCUT2D eigenvalue weighted by Crippen LogP contribution is -2.09. The van der Waals surface area contributed by atoms with Crippen LogP contribution in [0, 0.1) is 19.8 Å². The quantitative estimate of drug-likeness (QED) is 0.364. The number of imidazole rings is 1. The number of aromatic nitrogens is 2. The monoisotopic (exact) mass is 521 g/mol. The van der Waals surface area contributed by atoms with Gasteiger partial charge in [0.25, 0.3) is 0 Å². The predicted octanol–water partition coefficient (Wildman–Crippen LogP) is 8.75. The topological polar surface area (TPSA) is 43.8 Å². The van der Waals surface area contributed by atoms with Crippen molar-refractivity contribution in [2.75, 3.05) is 0 Å². The molecule has 0 bridgehead atoms. The maximum absolute atomic E-state index is 6.01. The van der Waals surface area contributed by atoms with Crippen LogP contribution in [-0.4, -0.2) is 9.55 Å². The summed E-state index contributed by atoms with van der Waals surface area (Å²) in [5.74, 6) is 2.52. The zero-order valence-electron chi connectivity index (χ0n) is 19.0. The van der Waals surface area contributed by atoms with Crippen LogP contribution in [0.15, 0.2) is 59.6 Å². The summed E-state index contributed by atoms with van der Waals surface area (Å²) in [4.78, 5) is 6.13. The van der Waals surface area contributed by atoms with Crippen molar-refractivity contribution in [3.63, 3.8) is 0 Å². The highest BCUT2D eigenvalue weighted by Crippen LogP contribution is 2.37. The Morgan fingerprint density at radius 2 is 1.64 bits per heavy atom. The van der Waals surface area contributed by atoms with E-state index in [1.54, 1.807) is 18.2 Å². The van der Waals surface area contributed by atoms with Gasteiger partial charge in [-0.15, -0.1) is 11.8 Å². The fourth-order valence-corrected chi connectivity index (χ4v) is 5.81. The van der Waals surface area contributed by atoms with Crippen molar-refractivity contribution < 1.29 is 0 Å². The lowest BCUT2D eigenvalue weighted by atomic mass is 9.89. The molecule has 3 aromatic rings. The summed E-state index contributed by atoms with van der Waals surface area (Å²) < 4.78 is 2.19. The Kier molecular flexibility index (Phi) is 10.1. The van der Waals surface area contributed by atoms with E-state index in [1.807, 2.05) is 48.3 Å². The minimum atomic E-state index is 0.642. The van der Waals surface area contributed by atoms with Crippen molar-refractivity contribution in [3.05, 3.63) is 91.9 Å². The largest absolute Gasteiger partial charge is 0.404 e. The van der Waals surface area contributed by atoms with Crippen LogP contribution >= 0.6 is 46.6 Å². The van der Waals surface area contributed by atoms with Gasteiger partial charge in [0.2, 0.25) is 0 Å². The van der Waals surface area contributed by atoms with Crippen LogP contribution in [-0.2, 0) is 5.75 Å². The van der Waals surface area contributed by atoms with Gasteiger partial charge in [-0.2, -0.15) is 0 Å². The third-order valence-electron chi connectivity index (χ3n) is 5.79. The number of benzene rings is 2. The molecule has 1 aromatic heterocycles. The summed E-state index contributed by atoms with van der Waals surface area (Å²) in [7, 11) is 0.